The maximum atomic E-state index is 10.6. The molecule has 2 rings (SSSR count). The fourth-order valence-electron chi connectivity index (χ4n) is 2.51. The molecule has 0 radical (unpaired) electrons. The molecule has 0 bridgehead atoms. The molecule has 2 unspecified atom stereocenters. The molecule has 0 aliphatic heterocycles. The van der Waals surface area contributed by atoms with Crippen LogP contribution in [0.4, 0.5) is 0 Å². The van der Waals surface area contributed by atoms with E-state index in [9.17, 15) is 5.11 Å². The third-order valence-electron chi connectivity index (χ3n) is 3.59. The molecule has 4 heteroatoms. The summed E-state index contributed by atoms with van der Waals surface area (Å²) in [7, 11) is 3.22. The third kappa shape index (κ3) is 2.95. The van der Waals surface area contributed by atoms with Crippen molar-refractivity contribution in [3.05, 3.63) is 34.3 Å². The first-order valence-electron chi connectivity index (χ1n) is 6.42. The molecule has 0 spiro atoms. The number of hydrogen-bond donors (Lipinski definition) is 1. The van der Waals surface area contributed by atoms with Crippen molar-refractivity contribution in [1.82, 2.24) is 0 Å². The fraction of sp³-hybridized carbons (Fsp3) is 0.467. The van der Waals surface area contributed by atoms with Gasteiger partial charge in [-0.25, -0.2) is 0 Å². The Morgan fingerprint density at radius 1 is 1.26 bits per heavy atom. The van der Waals surface area contributed by atoms with Crippen molar-refractivity contribution in [1.29, 1.82) is 0 Å². The Morgan fingerprint density at radius 3 is 2.63 bits per heavy atom. The average molecular weight is 327 g/mol. The lowest BCUT2D eigenvalue weighted by Gasteiger charge is -2.26. The van der Waals surface area contributed by atoms with Gasteiger partial charge in [-0.2, -0.15) is 0 Å². The molecule has 0 amide bonds. The number of ether oxygens (including phenoxy) is 2. The molecular weight excluding hydrogens is 308 g/mol. The highest BCUT2D eigenvalue weighted by atomic mass is 79.9. The van der Waals surface area contributed by atoms with Gasteiger partial charge in [-0.3, -0.25) is 0 Å². The first-order valence-corrected chi connectivity index (χ1v) is 7.21. The maximum absolute atomic E-state index is 10.6. The molecule has 104 valence electrons. The SMILES string of the molecule is COc1ccc(C(O)C2CC=CCC2)c(OC)c1Br. The number of allylic oxidation sites excluding steroid dienone is 2. The molecule has 1 aliphatic carbocycles. The topological polar surface area (TPSA) is 38.7 Å². The summed E-state index contributed by atoms with van der Waals surface area (Å²) in [6.45, 7) is 0. The van der Waals surface area contributed by atoms with Crippen molar-refractivity contribution < 1.29 is 14.6 Å². The van der Waals surface area contributed by atoms with Crippen LogP contribution in [-0.4, -0.2) is 19.3 Å². The Morgan fingerprint density at radius 2 is 2.05 bits per heavy atom. The van der Waals surface area contributed by atoms with Gasteiger partial charge in [-0.1, -0.05) is 12.2 Å². The van der Waals surface area contributed by atoms with Crippen molar-refractivity contribution in [3.63, 3.8) is 0 Å². The summed E-state index contributed by atoms with van der Waals surface area (Å²) in [4.78, 5) is 0. The molecule has 19 heavy (non-hydrogen) atoms. The van der Waals surface area contributed by atoms with Crippen LogP contribution in [0.25, 0.3) is 0 Å². The third-order valence-corrected chi connectivity index (χ3v) is 4.34. The van der Waals surface area contributed by atoms with Crippen molar-refractivity contribution in [3.8, 4) is 11.5 Å². The summed E-state index contributed by atoms with van der Waals surface area (Å²) in [6.07, 6.45) is 6.74. The summed E-state index contributed by atoms with van der Waals surface area (Å²) >= 11 is 3.47. The highest BCUT2D eigenvalue weighted by molar-refractivity contribution is 9.10. The first-order chi connectivity index (χ1) is 9.19. The summed E-state index contributed by atoms with van der Waals surface area (Å²) in [5, 5.41) is 10.6. The predicted molar refractivity (Wildman–Crippen MR) is 78.7 cm³/mol. The summed E-state index contributed by atoms with van der Waals surface area (Å²) in [6, 6.07) is 3.73. The van der Waals surface area contributed by atoms with E-state index in [1.807, 2.05) is 12.1 Å². The smallest absolute Gasteiger partial charge is 0.142 e. The van der Waals surface area contributed by atoms with E-state index in [2.05, 4.69) is 28.1 Å². The van der Waals surface area contributed by atoms with Gasteiger partial charge in [-0.05, 0) is 53.2 Å². The van der Waals surface area contributed by atoms with Crippen molar-refractivity contribution >= 4 is 15.9 Å². The van der Waals surface area contributed by atoms with Crippen molar-refractivity contribution in [2.24, 2.45) is 5.92 Å². The highest BCUT2D eigenvalue weighted by Crippen LogP contribution is 2.43. The minimum atomic E-state index is -0.512. The van der Waals surface area contributed by atoms with Crippen LogP contribution in [-0.2, 0) is 0 Å². The molecular formula is C15H19BrO3. The highest BCUT2D eigenvalue weighted by Gasteiger charge is 2.25. The maximum Gasteiger partial charge on any atom is 0.142 e. The van der Waals surface area contributed by atoms with Gasteiger partial charge in [0.05, 0.1) is 20.3 Å². The van der Waals surface area contributed by atoms with Crippen molar-refractivity contribution in [2.45, 2.75) is 25.4 Å². The monoisotopic (exact) mass is 326 g/mol. The molecule has 0 heterocycles. The number of halogens is 1. The van der Waals surface area contributed by atoms with E-state index in [0.29, 0.717) is 11.5 Å². The van der Waals surface area contributed by atoms with Gasteiger partial charge < -0.3 is 14.6 Å². The van der Waals surface area contributed by atoms with E-state index in [0.717, 1.165) is 29.3 Å². The quantitative estimate of drug-likeness (QED) is 0.854. The molecule has 0 fully saturated rings. The number of hydrogen-bond acceptors (Lipinski definition) is 3. The second-order valence-electron chi connectivity index (χ2n) is 4.69. The number of benzene rings is 1. The predicted octanol–water partition coefficient (Wildman–Crippen LogP) is 3.86. The van der Waals surface area contributed by atoms with E-state index < -0.39 is 6.10 Å². The van der Waals surface area contributed by atoms with Gasteiger partial charge in [0.1, 0.15) is 16.0 Å². The largest absolute Gasteiger partial charge is 0.495 e. The summed E-state index contributed by atoms with van der Waals surface area (Å²) in [5.74, 6) is 1.61. The summed E-state index contributed by atoms with van der Waals surface area (Å²) in [5.41, 5.74) is 0.815. The average Bonchev–Trinajstić information content (AvgIpc) is 2.47. The second kappa shape index (κ2) is 6.44. The zero-order chi connectivity index (χ0) is 13.8. The zero-order valence-corrected chi connectivity index (χ0v) is 12.8. The van der Waals surface area contributed by atoms with Gasteiger partial charge in [0.15, 0.2) is 0 Å². The van der Waals surface area contributed by atoms with Crippen LogP contribution >= 0.6 is 15.9 Å². The van der Waals surface area contributed by atoms with Crippen LogP contribution in [0.15, 0.2) is 28.8 Å². The van der Waals surface area contributed by atoms with Crippen molar-refractivity contribution in [2.75, 3.05) is 14.2 Å². The molecule has 0 saturated heterocycles. The number of aliphatic hydroxyl groups is 1. The molecule has 1 aromatic carbocycles. The molecule has 3 nitrogen and oxygen atoms in total. The standard InChI is InChI=1S/C15H19BrO3/c1-18-12-9-8-11(15(19-2)13(12)16)14(17)10-6-4-3-5-7-10/h3-4,8-10,14,17H,5-7H2,1-2H3. The molecule has 0 aromatic heterocycles. The van der Waals surface area contributed by atoms with Gasteiger partial charge in [0.2, 0.25) is 0 Å². The van der Waals surface area contributed by atoms with Crippen LogP contribution in [0.3, 0.4) is 0 Å². The van der Waals surface area contributed by atoms with E-state index in [4.69, 9.17) is 9.47 Å². The molecule has 1 aliphatic rings. The Balaban J connectivity index is 2.33. The van der Waals surface area contributed by atoms with E-state index in [1.165, 1.54) is 0 Å². The number of methoxy groups -OCH3 is 2. The molecule has 2 atom stereocenters. The lowest BCUT2D eigenvalue weighted by molar-refractivity contribution is 0.0995. The van der Waals surface area contributed by atoms with Crippen LogP contribution < -0.4 is 9.47 Å². The Hall–Kier alpha value is -1.00. The minimum absolute atomic E-state index is 0.249. The summed E-state index contributed by atoms with van der Waals surface area (Å²) < 4.78 is 11.4. The van der Waals surface area contributed by atoms with Gasteiger partial charge in [0, 0.05) is 5.56 Å². The van der Waals surface area contributed by atoms with Gasteiger partial charge >= 0.3 is 0 Å². The first kappa shape index (κ1) is 14.4. The van der Waals surface area contributed by atoms with E-state index in [-0.39, 0.29) is 5.92 Å². The van der Waals surface area contributed by atoms with E-state index >= 15 is 0 Å². The fourth-order valence-corrected chi connectivity index (χ4v) is 3.19. The number of aliphatic hydroxyl groups excluding tert-OH is 1. The van der Waals surface area contributed by atoms with Crippen LogP contribution in [0.1, 0.15) is 30.9 Å². The van der Waals surface area contributed by atoms with Crippen LogP contribution in [0.5, 0.6) is 11.5 Å². The Kier molecular flexibility index (Phi) is 4.88. The lowest BCUT2D eigenvalue weighted by Crippen LogP contribution is -2.15. The van der Waals surface area contributed by atoms with Crippen LogP contribution in [0.2, 0.25) is 0 Å². The van der Waals surface area contributed by atoms with Crippen LogP contribution in [0, 0.1) is 5.92 Å². The van der Waals surface area contributed by atoms with Gasteiger partial charge in [0.25, 0.3) is 0 Å². The minimum Gasteiger partial charge on any atom is -0.495 e. The second-order valence-corrected chi connectivity index (χ2v) is 5.49. The molecule has 1 N–H and O–H groups in total. The normalized spacial score (nSPS) is 20.1. The molecule has 1 aromatic rings. The van der Waals surface area contributed by atoms with E-state index in [1.54, 1.807) is 14.2 Å². The Labute approximate surface area is 122 Å². The van der Waals surface area contributed by atoms with Gasteiger partial charge in [-0.15, -0.1) is 0 Å². The number of rotatable bonds is 4. The zero-order valence-electron chi connectivity index (χ0n) is 11.2. The molecule has 0 saturated carbocycles. The Bertz CT molecular complexity index is 471. The lowest BCUT2D eigenvalue weighted by atomic mass is 9.86.